The maximum absolute atomic E-state index is 6.42. The second-order valence-corrected chi connectivity index (χ2v) is 6.05. The number of nitrogens with two attached hydrogens (primary N) is 1. The van der Waals surface area contributed by atoms with Crippen LogP contribution in [0.2, 0.25) is 0 Å². The van der Waals surface area contributed by atoms with Crippen molar-refractivity contribution in [3.05, 3.63) is 59.2 Å². The van der Waals surface area contributed by atoms with E-state index in [1.54, 1.807) is 0 Å². The Morgan fingerprint density at radius 1 is 1.05 bits per heavy atom. The Morgan fingerprint density at radius 3 is 2.68 bits per heavy atom. The molecule has 3 heteroatoms. The smallest absolute Gasteiger partial charge is 0.142 e. The summed E-state index contributed by atoms with van der Waals surface area (Å²) in [5.74, 6) is 1.78. The molecule has 0 atom stereocenters. The molecule has 2 aromatic carbocycles. The number of nitrogen functional groups attached to an aromatic ring is 1. The molecule has 1 aromatic heterocycles. The summed E-state index contributed by atoms with van der Waals surface area (Å²) in [5.41, 5.74) is 13.5. The molecule has 0 bridgehead atoms. The van der Waals surface area contributed by atoms with Gasteiger partial charge in [0.05, 0.1) is 0 Å². The Labute approximate surface area is 130 Å². The summed E-state index contributed by atoms with van der Waals surface area (Å²) < 4.78 is 2.16. The van der Waals surface area contributed by atoms with Gasteiger partial charge in [-0.3, -0.25) is 0 Å². The lowest BCUT2D eigenvalue weighted by molar-refractivity contribution is 0.691. The number of imidazole rings is 1. The number of nitrogens with zero attached hydrogens (tertiary/aromatic N) is 2. The molecule has 0 radical (unpaired) electrons. The summed E-state index contributed by atoms with van der Waals surface area (Å²) in [6, 6.07) is 14.9. The molecule has 4 rings (SSSR count). The van der Waals surface area contributed by atoms with Crippen LogP contribution in [0.1, 0.15) is 16.7 Å². The first-order chi connectivity index (χ1) is 10.6. The van der Waals surface area contributed by atoms with E-state index in [-0.39, 0.29) is 0 Å². The molecule has 110 valence electrons. The summed E-state index contributed by atoms with van der Waals surface area (Å²) in [5, 5.41) is 0. The van der Waals surface area contributed by atoms with Crippen LogP contribution in [0.4, 0.5) is 5.82 Å². The van der Waals surface area contributed by atoms with Crippen LogP contribution in [0.3, 0.4) is 0 Å². The number of fused-ring (bicyclic) bond motifs is 3. The monoisotopic (exact) mass is 289 g/mol. The summed E-state index contributed by atoms with van der Waals surface area (Å²) in [6.45, 7) is 5.12. The van der Waals surface area contributed by atoms with Crippen LogP contribution in [0.15, 0.2) is 42.5 Å². The fraction of sp³-hybridized carbons (Fsp3) is 0.211. The lowest BCUT2D eigenvalue weighted by Crippen LogP contribution is -2.13. The summed E-state index contributed by atoms with van der Waals surface area (Å²) in [7, 11) is 0. The molecule has 3 aromatic rings. The van der Waals surface area contributed by atoms with E-state index in [2.05, 4.69) is 48.7 Å². The number of hydrogen-bond donors (Lipinski definition) is 1. The molecule has 0 saturated heterocycles. The molecule has 2 heterocycles. The van der Waals surface area contributed by atoms with Crippen LogP contribution < -0.4 is 5.73 Å². The van der Waals surface area contributed by atoms with E-state index < -0.39 is 0 Å². The average Bonchev–Trinajstić information content (AvgIpc) is 2.85. The van der Waals surface area contributed by atoms with E-state index in [0.717, 1.165) is 35.9 Å². The van der Waals surface area contributed by atoms with Gasteiger partial charge < -0.3 is 10.3 Å². The number of benzene rings is 2. The van der Waals surface area contributed by atoms with Crippen molar-refractivity contribution in [2.24, 2.45) is 0 Å². The van der Waals surface area contributed by atoms with E-state index in [0.29, 0.717) is 0 Å². The van der Waals surface area contributed by atoms with Crippen molar-refractivity contribution in [3.63, 3.8) is 0 Å². The fourth-order valence-electron chi connectivity index (χ4n) is 3.28. The van der Waals surface area contributed by atoms with Crippen LogP contribution in [0, 0.1) is 13.8 Å². The van der Waals surface area contributed by atoms with Gasteiger partial charge in [0.15, 0.2) is 0 Å². The van der Waals surface area contributed by atoms with Gasteiger partial charge in [-0.2, -0.15) is 0 Å². The third-order valence-electron chi connectivity index (χ3n) is 4.52. The first kappa shape index (κ1) is 13.1. The highest BCUT2D eigenvalue weighted by atomic mass is 15.1. The molecule has 22 heavy (non-hydrogen) atoms. The molecule has 2 N–H and O–H groups in total. The molecule has 0 saturated carbocycles. The van der Waals surface area contributed by atoms with Crippen LogP contribution in [-0.4, -0.2) is 9.55 Å². The zero-order valence-corrected chi connectivity index (χ0v) is 12.9. The molecule has 0 aliphatic carbocycles. The van der Waals surface area contributed by atoms with Crippen LogP contribution >= 0.6 is 0 Å². The quantitative estimate of drug-likeness (QED) is 0.736. The lowest BCUT2D eigenvalue weighted by Gasteiger charge is -2.19. The van der Waals surface area contributed by atoms with Crippen molar-refractivity contribution in [1.29, 1.82) is 0 Å². The third-order valence-corrected chi connectivity index (χ3v) is 4.52. The predicted molar refractivity (Wildman–Crippen MR) is 90.7 cm³/mol. The fourth-order valence-corrected chi connectivity index (χ4v) is 3.28. The molecule has 3 nitrogen and oxygen atoms in total. The van der Waals surface area contributed by atoms with E-state index in [1.165, 1.54) is 22.3 Å². The highest BCUT2D eigenvalue weighted by Crippen LogP contribution is 2.37. The van der Waals surface area contributed by atoms with Crippen molar-refractivity contribution < 1.29 is 0 Å². The Hall–Kier alpha value is -2.55. The Morgan fingerprint density at radius 2 is 1.86 bits per heavy atom. The van der Waals surface area contributed by atoms with Gasteiger partial charge in [0, 0.05) is 17.7 Å². The molecule has 0 amide bonds. The Balaban J connectivity index is 1.95. The minimum atomic E-state index is 0.774. The van der Waals surface area contributed by atoms with Gasteiger partial charge in [-0.1, -0.05) is 42.0 Å². The van der Waals surface area contributed by atoms with Gasteiger partial charge in [0.25, 0.3) is 0 Å². The highest BCUT2D eigenvalue weighted by Gasteiger charge is 2.23. The molecular weight excluding hydrogens is 270 g/mol. The van der Waals surface area contributed by atoms with Crippen molar-refractivity contribution in [2.45, 2.75) is 26.8 Å². The van der Waals surface area contributed by atoms with Gasteiger partial charge >= 0.3 is 0 Å². The maximum atomic E-state index is 6.42. The second-order valence-electron chi connectivity index (χ2n) is 6.05. The predicted octanol–water partition coefficient (Wildman–Crippen LogP) is 3.97. The Kier molecular flexibility index (Phi) is 2.83. The molecule has 1 aliphatic rings. The number of aromatic nitrogens is 2. The van der Waals surface area contributed by atoms with Crippen LogP contribution in [-0.2, 0) is 13.0 Å². The number of rotatable bonds is 1. The van der Waals surface area contributed by atoms with E-state index in [1.807, 2.05) is 12.1 Å². The topological polar surface area (TPSA) is 43.8 Å². The highest BCUT2D eigenvalue weighted by molar-refractivity contribution is 5.79. The summed E-state index contributed by atoms with van der Waals surface area (Å²) in [4.78, 5) is 4.90. The van der Waals surface area contributed by atoms with Crippen molar-refractivity contribution in [3.8, 4) is 22.6 Å². The van der Waals surface area contributed by atoms with E-state index >= 15 is 0 Å². The van der Waals surface area contributed by atoms with Gasteiger partial charge in [-0.05, 0) is 37.5 Å². The molecule has 0 fully saturated rings. The van der Waals surface area contributed by atoms with Crippen LogP contribution in [0.25, 0.3) is 22.6 Å². The van der Waals surface area contributed by atoms with Gasteiger partial charge in [0.1, 0.15) is 17.3 Å². The van der Waals surface area contributed by atoms with E-state index in [9.17, 15) is 0 Å². The standard InChI is InChI=1S/C19H19N3/c1-12-7-8-14-9-10-22-18(20)17(21-19(22)16(14)11-12)15-6-4-3-5-13(15)2/h3-8,11H,9-10,20H2,1-2H3. The third kappa shape index (κ3) is 1.86. The Bertz CT molecular complexity index is 874. The first-order valence-corrected chi connectivity index (χ1v) is 7.67. The molecule has 0 spiro atoms. The van der Waals surface area contributed by atoms with Crippen LogP contribution in [0.5, 0.6) is 0 Å². The zero-order chi connectivity index (χ0) is 15.3. The SMILES string of the molecule is Cc1ccc2c(c1)-c1nc(-c3ccccc3C)c(N)n1CC2. The number of anilines is 1. The maximum Gasteiger partial charge on any atom is 0.142 e. The van der Waals surface area contributed by atoms with Gasteiger partial charge in [0.2, 0.25) is 0 Å². The van der Waals surface area contributed by atoms with Crippen molar-refractivity contribution >= 4 is 5.82 Å². The normalized spacial score (nSPS) is 12.8. The largest absolute Gasteiger partial charge is 0.383 e. The van der Waals surface area contributed by atoms with Gasteiger partial charge in [-0.15, -0.1) is 0 Å². The molecular formula is C19H19N3. The zero-order valence-electron chi connectivity index (χ0n) is 12.9. The van der Waals surface area contributed by atoms with Gasteiger partial charge in [-0.25, -0.2) is 4.98 Å². The summed E-state index contributed by atoms with van der Waals surface area (Å²) >= 11 is 0. The summed E-state index contributed by atoms with van der Waals surface area (Å²) in [6.07, 6.45) is 1.01. The molecule has 1 aliphatic heterocycles. The second kappa shape index (κ2) is 4.73. The number of aryl methyl sites for hydroxylation is 3. The first-order valence-electron chi connectivity index (χ1n) is 7.67. The average molecular weight is 289 g/mol. The van der Waals surface area contributed by atoms with E-state index in [4.69, 9.17) is 10.7 Å². The number of hydrogen-bond acceptors (Lipinski definition) is 2. The van der Waals surface area contributed by atoms with Crippen molar-refractivity contribution in [2.75, 3.05) is 5.73 Å². The molecule has 0 unspecified atom stereocenters. The lowest BCUT2D eigenvalue weighted by atomic mass is 9.99. The minimum absolute atomic E-state index is 0.774. The minimum Gasteiger partial charge on any atom is -0.383 e. The van der Waals surface area contributed by atoms with Crippen molar-refractivity contribution in [1.82, 2.24) is 9.55 Å².